The number of aliphatic carboxylic acids is 1. The number of methoxy groups -OCH3 is 1. The Labute approximate surface area is 504 Å². The highest BCUT2D eigenvalue weighted by atomic mass is 35.5. The fraction of sp³-hybridized carbons (Fsp3) is 0.579. The number of nitrogens with zero attached hydrogens (tertiary/aromatic N) is 2. The molecule has 5 saturated carbocycles. The number of carbonyl (C=O) groups excluding carboxylic acids is 3. The molecule has 0 saturated heterocycles. The average molecular weight is 1300 g/mol. The molecule has 5 atom stereocenters. The number of benzene rings is 3. The Bertz CT molecular complexity index is 2720. The third-order valence-electron chi connectivity index (χ3n) is 13.9. The fourth-order valence-electron chi connectivity index (χ4n) is 8.32. The first kappa shape index (κ1) is 77.2. The molecule has 1 unspecified atom stereocenters. The topological polar surface area (TPSA) is 237 Å². The predicted octanol–water partition coefficient (Wildman–Crippen LogP) is 4.72. The lowest BCUT2D eigenvalue weighted by molar-refractivity contribution is -0.417. The van der Waals surface area contributed by atoms with E-state index in [4.69, 9.17) is 15.6 Å². The zero-order chi connectivity index (χ0) is 63.8. The van der Waals surface area contributed by atoms with E-state index in [9.17, 15) is 85.0 Å². The molecule has 5 aliphatic rings. The molecule has 1 amide bonds. The third kappa shape index (κ3) is 28.9. The van der Waals surface area contributed by atoms with E-state index in [1.54, 1.807) is 6.07 Å². The van der Waals surface area contributed by atoms with Crippen LogP contribution in [0.25, 0.3) is 0 Å². The highest BCUT2D eigenvalue weighted by Gasteiger charge is 2.51. The molecule has 5 aliphatic carbocycles. The highest BCUT2D eigenvalue weighted by molar-refractivity contribution is 6.00. The summed E-state index contributed by atoms with van der Waals surface area (Å²) in [4.78, 5) is 45.2. The first-order valence-electron chi connectivity index (χ1n) is 27.0. The van der Waals surface area contributed by atoms with Gasteiger partial charge in [0, 0.05) is 50.5 Å². The van der Waals surface area contributed by atoms with Crippen molar-refractivity contribution in [2.75, 3.05) is 7.11 Å². The molecular formula is C57H68Cl2F15N7O6. The first-order chi connectivity index (χ1) is 39.3. The van der Waals surface area contributed by atoms with Crippen molar-refractivity contribution in [2.24, 2.45) is 17.8 Å². The number of hydrogen-bond acceptors (Lipinski definition) is 9. The number of carboxylic acids is 1. The molecule has 0 bridgehead atoms. The van der Waals surface area contributed by atoms with Crippen LogP contribution in [0, 0.1) is 40.4 Å². The van der Waals surface area contributed by atoms with Crippen molar-refractivity contribution in [3.05, 3.63) is 108 Å². The zero-order valence-electron chi connectivity index (χ0n) is 46.8. The molecule has 0 radical (unpaired) electrons. The normalized spacial score (nSPS) is 18.2. The number of rotatable bonds is 23. The van der Waals surface area contributed by atoms with Gasteiger partial charge in [0.25, 0.3) is 17.6 Å². The molecule has 3 aromatic rings. The van der Waals surface area contributed by atoms with Crippen molar-refractivity contribution in [2.45, 2.75) is 180 Å². The van der Waals surface area contributed by atoms with Gasteiger partial charge in [-0.05, 0) is 80.2 Å². The summed E-state index contributed by atoms with van der Waals surface area (Å²) in [5, 5.41) is 32.7. The number of halogens is 17. The Balaban J connectivity index is 0.000000398. The van der Waals surface area contributed by atoms with E-state index in [1.165, 1.54) is 79.9 Å². The van der Waals surface area contributed by atoms with Crippen LogP contribution in [-0.2, 0) is 19.1 Å². The van der Waals surface area contributed by atoms with Crippen LogP contribution in [0.4, 0.5) is 65.9 Å². The van der Waals surface area contributed by atoms with Gasteiger partial charge in [0.05, 0.1) is 25.6 Å². The summed E-state index contributed by atoms with van der Waals surface area (Å²) in [6, 6.07) is 14.6. The number of esters is 1. The summed E-state index contributed by atoms with van der Waals surface area (Å²) in [5.74, 6) is -14.8. The molecule has 87 heavy (non-hydrogen) atoms. The molecule has 10 N–H and O–H groups in total. The number of hydrogen-bond donors (Lipinski definition) is 6. The minimum atomic E-state index is -4.80. The second-order valence-corrected chi connectivity index (χ2v) is 22.2. The Hall–Kier alpha value is -5.91. The number of nitriles is 2. The first-order valence-corrected chi connectivity index (χ1v) is 27.0. The Morgan fingerprint density at radius 1 is 0.586 bits per heavy atom. The molecule has 30 heteroatoms. The van der Waals surface area contributed by atoms with Crippen LogP contribution in [0.5, 0.6) is 0 Å². The molecule has 0 spiro atoms. The average Bonchev–Trinajstić information content (AvgIpc) is 2.31. The Morgan fingerprint density at radius 2 is 0.943 bits per heavy atom. The maximum Gasteiger partial charge on any atom is 0.454 e. The van der Waals surface area contributed by atoms with Crippen LogP contribution in [0.2, 0.25) is 0 Å². The van der Waals surface area contributed by atoms with Crippen LogP contribution < -0.4 is 52.2 Å². The van der Waals surface area contributed by atoms with Gasteiger partial charge in [0.2, 0.25) is 11.8 Å². The van der Waals surface area contributed by atoms with Gasteiger partial charge < -0.3 is 51.4 Å². The maximum atomic E-state index is 14.4. The molecule has 8 rings (SSSR count). The van der Waals surface area contributed by atoms with Crippen molar-refractivity contribution in [3.8, 4) is 12.1 Å². The van der Waals surface area contributed by atoms with Crippen molar-refractivity contribution in [3.63, 3.8) is 0 Å². The summed E-state index contributed by atoms with van der Waals surface area (Å²) in [7, 11) is 1.18. The van der Waals surface area contributed by atoms with Gasteiger partial charge in [-0.2, -0.15) is 50.0 Å². The van der Waals surface area contributed by atoms with E-state index >= 15 is 0 Å². The lowest BCUT2D eigenvalue weighted by atomic mass is 9.99. The smallest absolute Gasteiger partial charge is 0.454 e. The van der Waals surface area contributed by atoms with Crippen molar-refractivity contribution >= 4 is 23.6 Å². The van der Waals surface area contributed by atoms with Crippen molar-refractivity contribution < 1.29 is 131 Å². The zero-order valence-corrected chi connectivity index (χ0v) is 48.3. The summed E-state index contributed by atoms with van der Waals surface area (Å²) in [6.45, 7) is 0. The van der Waals surface area contributed by atoms with E-state index in [1.807, 2.05) is 11.4 Å². The number of nitrogens with one attached hydrogen (secondary N) is 3. The summed E-state index contributed by atoms with van der Waals surface area (Å²) < 4.78 is 203. The predicted molar refractivity (Wildman–Crippen MR) is 274 cm³/mol. The van der Waals surface area contributed by atoms with Crippen molar-refractivity contribution in [1.82, 2.24) is 16.0 Å². The summed E-state index contributed by atoms with van der Waals surface area (Å²) in [6.07, 6.45) is -11.1. The van der Waals surface area contributed by atoms with Gasteiger partial charge in [0.1, 0.15) is 29.7 Å². The van der Waals surface area contributed by atoms with E-state index in [0.29, 0.717) is 38.5 Å². The SMILES string of the molecule is COC(=O)[C@@H]([NH3+])CC(F)(F)CC1CC1.N#CC1(NC(=O)[C@H](CC(F)(F)CC2CC2)N[C@@H](c2ccccc2)C(F)(F)F)CC1.N#CC1([NH3+])CC1.O=C(O)[C@H](CC(F)(F)CC1CC1)NC(c1ccccc1)C(F)(F)F.O=C(c1ccccc1)C(F)(F)F.[Cl-].[Cl-]. The summed E-state index contributed by atoms with van der Waals surface area (Å²) in [5.41, 5.74) is 4.96. The number of carbonyl (C=O) groups is 4. The Kier molecular flexibility index (Phi) is 28.9. The summed E-state index contributed by atoms with van der Waals surface area (Å²) >= 11 is 0. The molecular weight excluding hydrogens is 1230 g/mol. The van der Waals surface area contributed by atoms with Gasteiger partial charge in [-0.1, -0.05) is 91.0 Å². The van der Waals surface area contributed by atoms with Crippen LogP contribution in [0.1, 0.15) is 136 Å². The lowest BCUT2D eigenvalue weighted by Gasteiger charge is -2.30. The minimum absolute atomic E-state index is 0. The van der Waals surface area contributed by atoms with E-state index in [2.05, 4.69) is 32.9 Å². The number of ketones is 1. The molecule has 0 heterocycles. The van der Waals surface area contributed by atoms with Crippen LogP contribution in [-0.4, -0.2) is 101 Å². The van der Waals surface area contributed by atoms with E-state index < -0.39 is 128 Å². The molecule has 486 valence electrons. The largest absolute Gasteiger partial charge is 1.00 e. The number of carboxylic acid groups (broad SMARTS) is 1. The van der Waals surface area contributed by atoms with E-state index in [0.717, 1.165) is 37.8 Å². The number of quaternary nitrogens is 2. The quantitative estimate of drug-likeness (QED) is 0.0434. The van der Waals surface area contributed by atoms with Gasteiger partial charge in [-0.3, -0.25) is 25.0 Å². The number of ether oxygens (including phenoxy) is 1. The molecule has 0 aliphatic heterocycles. The standard InChI is InChI=1S/C20H22F5N3O.C16H18F5NO2.C9H15F2NO2.C8H5F3O.C4H6N2.2ClH/c21-19(22,10-13-6-7-13)11-15(17(29)28-18(12-26)8-9-18)27-16(20(23,24)25)14-4-2-1-3-5-14;17-15(18,8-10-6-7-10)9-12(14(23)24)22-13(16(19,20)21)11-4-2-1-3-5-11;1-14-8(13)7(12)5-9(10,11)4-6-2-3-6;9-8(10,11)7(12)6-4-2-1-3-5-6;5-3-4(6)1-2-4;;/h1-5,13,15-16,27H,6-11H2,(H,28,29);1-5,10,12-13,22H,6-9H2,(H,23,24);6-7H,2-5,12H2,1H3;1-5H;1-2,6H2;2*1H/t15-,16-;12-,13?;7-;;;;/m000..../s1. The molecule has 13 nitrogen and oxygen atoms in total. The molecule has 3 aromatic carbocycles. The minimum Gasteiger partial charge on any atom is -1.00 e. The molecule has 0 aromatic heterocycles. The third-order valence-corrected chi connectivity index (χ3v) is 13.9. The second kappa shape index (κ2) is 32.5. The molecule has 5 fully saturated rings. The highest BCUT2D eigenvalue weighted by Crippen LogP contribution is 2.44. The lowest BCUT2D eigenvalue weighted by Crippen LogP contribution is -3.00. The van der Waals surface area contributed by atoms with Crippen LogP contribution >= 0.6 is 0 Å². The number of Topliss-reactive ketones (excluding diaryl/α,β-unsaturated/α-hetero) is 1. The number of alkyl halides is 15. The van der Waals surface area contributed by atoms with Crippen LogP contribution in [0.3, 0.4) is 0 Å². The fourth-order valence-corrected chi connectivity index (χ4v) is 8.32. The number of amides is 1. The van der Waals surface area contributed by atoms with Crippen molar-refractivity contribution in [1.29, 1.82) is 10.5 Å². The van der Waals surface area contributed by atoms with Gasteiger partial charge in [-0.25, -0.2) is 31.1 Å². The maximum absolute atomic E-state index is 14.4. The second-order valence-electron chi connectivity index (χ2n) is 22.2. The van der Waals surface area contributed by atoms with Crippen LogP contribution in [0.15, 0.2) is 91.0 Å². The monoisotopic (exact) mass is 1300 g/mol. The Morgan fingerprint density at radius 3 is 1.23 bits per heavy atom. The van der Waals surface area contributed by atoms with Gasteiger partial charge in [-0.15, -0.1) is 0 Å². The van der Waals surface area contributed by atoms with Gasteiger partial charge >= 0.3 is 30.5 Å². The van der Waals surface area contributed by atoms with E-state index in [-0.39, 0.29) is 71.2 Å². The van der Waals surface area contributed by atoms with Gasteiger partial charge in [0.15, 0.2) is 11.6 Å².